The third-order valence-corrected chi connectivity index (χ3v) is 3.12. The van der Waals surface area contributed by atoms with E-state index in [1.165, 1.54) is 6.07 Å². The molecule has 1 aromatic rings. The lowest BCUT2D eigenvalue weighted by Gasteiger charge is -2.27. The van der Waals surface area contributed by atoms with Crippen LogP contribution in [0.2, 0.25) is 0 Å². The van der Waals surface area contributed by atoms with Crippen LogP contribution < -0.4 is 10.2 Å². The lowest BCUT2D eigenvalue weighted by atomic mass is 10.1. The fourth-order valence-corrected chi connectivity index (χ4v) is 2.30. The Morgan fingerprint density at radius 1 is 1.50 bits per heavy atom. The monoisotopic (exact) mass is 249 g/mol. The van der Waals surface area contributed by atoms with Gasteiger partial charge in [-0.15, -0.1) is 0 Å². The number of amides is 1. The molecule has 0 radical (unpaired) electrons. The Kier molecular flexibility index (Phi) is 3.45. The smallest absolute Gasteiger partial charge is 0.292 e. The van der Waals surface area contributed by atoms with Gasteiger partial charge in [0.2, 0.25) is 5.91 Å². The van der Waals surface area contributed by atoms with E-state index in [1.807, 2.05) is 6.92 Å². The van der Waals surface area contributed by atoms with E-state index < -0.39 is 4.92 Å². The number of hydrogen-bond donors (Lipinski definition) is 1. The topological polar surface area (TPSA) is 75.5 Å². The van der Waals surface area contributed by atoms with Gasteiger partial charge < -0.3 is 10.2 Å². The van der Waals surface area contributed by atoms with Gasteiger partial charge in [-0.25, -0.2) is 0 Å². The van der Waals surface area contributed by atoms with Crippen molar-refractivity contribution in [2.24, 2.45) is 0 Å². The Balaban J connectivity index is 2.38. The molecule has 6 nitrogen and oxygen atoms in total. The minimum atomic E-state index is -0.412. The van der Waals surface area contributed by atoms with Gasteiger partial charge in [0.15, 0.2) is 0 Å². The molecule has 1 atom stereocenters. The number of carbonyl (C=O) groups excluding carboxylic acids is 1. The summed E-state index contributed by atoms with van der Waals surface area (Å²) in [5.74, 6) is -0.0602. The molecule has 1 saturated heterocycles. The van der Waals surface area contributed by atoms with Crippen molar-refractivity contribution in [3.8, 4) is 0 Å². The van der Waals surface area contributed by atoms with E-state index >= 15 is 0 Å². The molecule has 1 aromatic carbocycles. The van der Waals surface area contributed by atoms with Crippen molar-refractivity contribution in [2.45, 2.75) is 19.4 Å². The third kappa shape index (κ3) is 2.13. The number of hydrogen-bond acceptors (Lipinski definition) is 4. The van der Waals surface area contributed by atoms with Crippen molar-refractivity contribution in [2.75, 3.05) is 18.0 Å². The van der Waals surface area contributed by atoms with Gasteiger partial charge in [-0.1, -0.05) is 12.1 Å². The highest BCUT2D eigenvalue weighted by molar-refractivity contribution is 5.88. The normalized spacial score (nSPS) is 18.5. The summed E-state index contributed by atoms with van der Waals surface area (Å²) in [7, 11) is 0. The molecule has 2 rings (SSSR count). The molecule has 1 fully saturated rings. The summed E-state index contributed by atoms with van der Waals surface area (Å²) in [6.45, 7) is 3.08. The molecule has 18 heavy (non-hydrogen) atoms. The van der Waals surface area contributed by atoms with Gasteiger partial charge >= 0.3 is 0 Å². The number of benzene rings is 1. The maximum absolute atomic E-state index is 11.7. The summed E-state index contributed by atoms with van der Waals surface area (Å²) >= 11 is 0. The molecule has 1 unspecified atom stereocenters. The van der Waals surface area contributed by atoms with E-state index in [9.17, 15) is 14.9 Å². The molecular weight excluding hydrogens is 234 g/mol. The van der Waals surface area contributed by atoms with Crippen molar-refractivity contribution in [1.29, 1.82) is 0 Å². The molecule has 1 aliphatic heterocycles. The highest BCUT2D eigenvalue weighted by Gasteiger charge is 2.32. The average molecular weight is 249 g/mol. The number of nitro benzene ring substituents is 1. The number of likely N-dealkylation sites (N-methyl/N-ethyl adjacent to an activating group) is 1. The molecule has 1 aliphatic rings. The van der Waals surface area contributed by atoms with E-state index in [-0.39, 0.29) is 17.6 Å². The minimum Gasteiger partial charge on any atom is -0.354 e. The van der Waals surface area contributed by atoms with E-state index in [2.05, 4.69) is 5.32 Å². The molecule has 96 valence electrons. The summed E-state index contributed by atoms with van der Waals surface area (Å²) in [4.78, 5) is 24.1. The second-order valence-electron chi connectivity index (χ2n) is 4.13. The van der Waals surface area contributed by atoms with Gasteiger partial charge in [0.1, 0.15) is 11.7 Å². The van der Waals surface area contributed by atoms with Crippen LogP contribution in [-0.4, -0.2) is 30.0 Å². The Morgan fingerprint density at radius 3 is 2.78 bits per heavy atom. The van der Waals surface area contributed by atoms with Crippen LogP contribution in [0.15, 0.2) is 24.3 Å². The zero-order valence-corrected chi connectivity index (χ0v) is 10.1. The van der Waals surface area contributed by atoms with Gasteiger partial charge in [0.05, 0.1) is 4.92 Å². The number of anilines is 1. The number of nitrogens with zero attached hydrogens (tertiary/aromatic N) is 2. The Labute approximate surface area is 105 Å². The molecule has 1 N–H and O–H groups in total. The Hall–Kier alpha value is -2.11. The van der Waals surface area contributed by atoms with Crippen LogP contribution in [0.25, 0.3) is 0 Å². The van der Waals surface area contributed by atoms with Crippen LogP contribution in [0.5, 0.6) is 0 Å². The predicted molar refractivity (Wildman–Crippen MR) is 67.5 cm³/mol. The van der Waals surface area contributed by atoms with Gasteiger partial charge in [-0.3, -0.25) is 14.9 Å². The van der Waals surface area contributed by atoms with Crippen LogP contribution in [0.3, 0.4) is 0 Å². The highest BCUT2D eigenvalue weighted by Crippen LogP contribution is 2.30. The molecule has 1 amide bonds. The van der Waals surface area contributed by atoms with Crippen molar-refractivity contribution in [3.63, 3.8) is 0 Å². The molecular formula is C12H15N3O3. The van der Waals surface area contributed by atoms with Crippen LogP contribution in [0, 0.1) is 10.1 Å². The van der Waals surface area contributed by atoms with Crippen molar-refractivity contribution >= 4 is 17.3 Å². The number of para-hydroxylation sites is 2. The van der Waals surface area contributed by atoms with Crippen LogP contribution in [0.4, 0.5) is 11.4 Å². The quantitative estimate of drug-likeness (QED) is 0.644. The average Bonchev–Trinajstić information content (AvgIpc) is 2.77. The van der Waals surface area contributed by atoms with Gasteiger partial charge in [-0.2, -0.15) is 0 Å². The summed E-state index contributed by atoms with van der Waals surface area (Å²) < 4.78 is 0. The maximum atomic E-state index is 11.7. The number of carbonyl (C=O) groups is 1. The van der Waals surface area contributed by atoms with E-state index in [0.29, 0.717) is 25.2 Å². The van der Waals surface area contributed by atoms with Crippen molar-refractivity contribution in [3.05, 3.63) is 34.4 Å². The Bertz CT molecular complexity index is 475. The molecule has 0 saturated carbocycles. The number of nitro groups is 1. The van der Waals surface area contributed by atoms with E-state index in [0.717, 1.165) is 0 Å². The first kappa shape index (κ1) is 12.3. The summed E-state index contributed by atoms with van der Waals surface area (Å²) in [6, 6.07) is 6.22. The molecule has 6 heteroatoms. The molecule has 0 aliphatic carbocycles. The van der Waals surface area contributed by atoms with Gasteiger partial charge in [0.25, 0.3) is 5.69 Å². The van der Waals surface area contributed by atoms with Crippen LogP contribution in [0.1, 0.15) is 13.3 Å². The van der Waals surface area contributed by atoms with Gasteiger partial charge in [0, 0.05) is 19.2 Å². The summed E-state index contributed by atoms with van der Waals surface area (Å²) in [6.07, 6.45) is 0.679. The zero-order valence-electron chi connectivity index (χ0n) is 10.1. The van der Waals surface area contributed by atoms with E-state index in [4.69, 9.17) is 0 Å². The minimum absolute atomic E-state index is 0.0408. The molecule has 0 bridgehead atoms. The van der Waals surface area contributed by atoms with E-state index in [1.54, 1.807) is 23.1 Å². The second-order valence-corrected chi connectivity index (χ2v) is 4.13. The molecule has 1 heterocycles. The third-order valence-electron chi connectivity index (χ3n) is 3.12. The largest absolute Gasteiger partial charge is 0.354 e. The summed E-state index contributed by atoms with van der Waals surface area (Å²) in [5.41, 5.74) is 0.547. The first-order valence-corrected chi connectivity index (χ1v) is 5.93. The second kappa shape index (κ2) is 5.03. The molecule has 0 spiro atoms. The van der Waals surface area contributed by atoms with Crippen molar-refractivity contribution < 1.29 is 9.72 Å². The highest BCUT2D eigenvalue weighted by atomic mass is 16.6. The Morgan fingerprint density at radius 2 is 2.22 bits per heavy atom. The number of rotatable bonds is 4. The predicted octanol–water partition coefficient (Wildman–Crippen LogP) is 1.31. The SMILES string of the molecule is CCN(c1ccccc1[N+](=O)[O-])C1CCNC1=O. The fourth-order valence-electron chi connectivity index (χ4n) is 2.30. The van der Waals surface area contributed by atoms with Crippen LogP contribution in [-0.2, 0) is 4.79 Å². The lowest BCUT2D eigenvalue weighted by Crippen LogP contribution is -2.41. The van der Waals surface area contributed by atoms with Crippen LogP contribution >= 0.6 is 0 Å². The first-order chi connectivity index (χ1) is 8.65. The number of nitrogens with one attached hydrogen (secondary N) is 1. The fraction of sp³-hybridized carbons (Fsp3) is 0.417. The first-order valence-electron chi connectivity index (χ1n) is 5.93. The van der Waals surface area contributed by atoms with Crippen molar-refractivity contribution in [1.82, 2.24) is 5.32 Å². The summed E-state index contributed by atoms with van der Waals surface area (Å²) in [5, 5.41) is 13.8. The lowest BCUT2D eigenvalue weighted by molar-refractivity contribution is -0.384. The zero-order chi connectivity index (χ0) is 13.1. The maximum Gasteiger partial charge on any atom is 0.292 e. The standard InChI is InChI=1S/C12H15N3O3/c1-2-14(11-7-8-13-12(11)16)9-5-3-4-6-10(9)15(17)18/h3-6,11H,2,7-8H2,1H3,(H,13,16). The van der Waals surface area contributed by atoms with Gasteiger partial charge in [-0.05, 0) is 19.4 Å². The molecule has 0 aromatic heterocycles.